The van der Waals surface area contributed by atoms with E-state index in [1.807, 2.05) is 12.1 Å². The van der Waals surface area contributed by atoms with Crippen LogP contribution in [-0.4, -0.2) is 30.5 Å². The predicted molar refractivity (Wildman–Crippen MR) is 120 cm³/mol. The van der Waals surface area contributed by atoms with E-state index in [1.165, 1.54) is 41.5 Å². The van der Waals surface area contributed by atoms with Gasteiger partial charge in [-0.05, 0) is 83.9 Å². The first-order valence-corrected chi connectivity index (χ1v) is 11.9. The molecule has 4 nitrogen and oxygen atoms in total. The number of hydrogen-bond acceptors (Lipinski definition) is 3. The van der Waals surface area contributed by atoms with Crippen molar-refractivity contribution in [3.63, 3.8) is 0 Å². The zero-order chi connectivity index (χ0) is 21.0. The predicted octanol–water partition coefficient (Wildman–Crippen LogP) is 5.10. The van der Waals surface area contributed by atoms with E-state index >= 15 is 0 Å². The van der Waals surface area contributed by atoms with Gasteiger partial charge in [0.25, 0.3) is 0 Å². The minimum Gasteiger partial charge on any atom is -0.449 e. The second kappa shape index (κ2) is 7.37. The summed E-state index contributed by atoms with van der Waals surface area (Å²) in [4.78, 5) is 12.5. The second-order valence-electron chi connectivity index (χ2n) is 10.5. The van der Waals surface area contributed by atoms with Gasteiger partial charge >= 0.3 is 6.09 Å². The number of alkyl carbamates (subject to hydrolysis) is 1. The highest BCUT2D eigenvalue weighted by Gasteiger charge is 2.53. The molecule has 162 valence electrons. The summed E-state index contributed by atoms with van der Waals surface area (Å²) >= 11 is 0. The number of hydrogen-bond donors (Lipinski definition) is 2. The number of rotatable bonds is 5. The molecule has 0 heterocycles. The summed E-state index contributed by atoms with van der Waals surface area (Å²) in [6.45, 7) is 0.607. The molecule has 2 aromatic carbocycles. The van der Waals surface area contributed by atoms with Gasteiger partial charge in [-0.15, -0.1) is 0 Å². The number of nitrogens with one attached hydrogen (secondary N) is 1. The fourth-order valence-corrected chi connectivity index (χ4v) is 7.63. The van der Waals surface area contributed by atoms with Crippen molar-refractivity contribution in [2.24, 2.45) is 23.2 Å². The van der Waals surface area contributed by atoms with Crippen LogP contribution < -0.4 is 5.32 Å². The molecule has 0 aromatic heterocycles. The minimum absolute atomic E-state index is 0.0192. The Morgan fingerprint density at radius 1 is 0.935 bits per heavy atom. The normalized spacial score (nSPS) is 31.2. The summed E-state index contributed by atoms with van der Waals surface area (Å²) < 4.78 is 5.65. The molecular weight excluding hydrogens is 386 g/mol. The van der Waals surface area contributed by atoms with E-state index in [0.29, 0.717) is 13.2 Å². The smallest absolute Gasteiger partial charge is 0.407 e. The topological polar surface area (TPSA) is 58.6 Å². The molecule has 0 aliphatic heterocycles. The highest BCUT2D eigenvalue weighted by molar-refractivity contribution is 5.79. The van der Waals surface area contributed by atoms with E-state index in [9.17, 15) is 9.90 Å². The van der Waals surface area contributed by atoms with Crippen molar-refractivity contribution in [1.82, 2.24) is 5.32 Å². The van der Waals surface area contributed by atoms with Crippen LogP contribution in [0.15, 0.2) is 48.5 Å². The molecular formula is C27H31NO3. The lowest BCUT2D eigenvalue weighted by Gasteiger charge is -2.58. The molecule has 4 bridgehead atoms. The Kier molecular flexibility index (Phi) is 4.60. The lowest BCUT2D eigenvalue weighted by atomic mass is 9.48. The zero-order valence-electron chi connectivity index (χ0n) is 17.9. The fourth-order valence-electron chi connectivity index (χ4n) is 7.63. The SMILES string of the molecule is O=C(NCC(O)C12CC3CC(CC(C3)C1)C2)OCC1c2ccccc2-c2ccccc21. The first kappa shape index (κ1) is 19.4. The van der Waals surface area contributed by atoms with Crippen molar-refractivity contribution in [2.45, 2.75) is 50.5 Å². The third-order valence-corrected chi connectivity index (χ3v) is 8.58. The molecule has 0 spiro atoms. The van der Waals surface area contributed by atoms with Crippen LogP contribution in [0.1, 0.15) is 55.6 Å². The molecule has 2 N–H and O–H groups in total. The molecule has 5 aliphatic carbocycles. The summed E-state index contributed by atoms with van der Waals surface area (Å²) in [7, 11) is 0. The maximum Gasteiger partial charge on any atom is 0.407 e. The summed E-state index contributed by atoms with van der Waals surface area (Å²) in [5.74, 6) is 2.42. The molecule has 4 heteroatoms. The monoisotopic (exact) mass is 417 g/mol. The number of aliphatic hydroxyl groups is 1. The maximum absolute atomic E-state index is 12.5. The quantitative estimate of drug-likeness (QED) is 0.711. The van der Waals surface area contributed by atoms with Crippen molar-refractivity contribution in [3.05, 3.63) is 59.7 Å². The van der Waals surface area contributed by atoms with Crippen molar-refractivity contribution in [2.75, 3.05) is 13.2 Å². The molecule has 31 heavy (non-hydrogen) atoms. The Hall–Kier alpha value is -2.33. The van der Waals surface area contributed by atoms with Gasteiger partial charge in [0.15, 0.2) is 0 Å². The third kappa shape index (κ3) is 3.27. The Morgan fingerprint density at radius 3 is 2.00 bits per heavy atom. The van der Waals surface area contributed by atoms with Crippen LogP contribution in [0, 0.1) is 23.2 Å². The van der Waals surface area contributed by atoms with Crippen molar-refractivity contribution < 1.29 is 14.6 Å². The number of aliphatic hydroxyl groups excluding tert-OH is 1. The van der Waals surface area contributed by atoms with Crippen LogP contribution in [0.2, 0.25) is 0 Å². The molecule has 0 saturated heterocycles. The molecule has 4 fully saturated rings. The highest BCUT2D eigenvalue weighted by Crippen LogP contribution is 2.61. The molecule has 1 unspecified atom stereocenters. The fraction of sp³-hybridized carbons (Fsp3) is 0.519. The molecule has 1 amide bonds. The van der Waals surface area contributed by atoms with Crippen LogP contribution in [0.4, 0.5) is 4.79 Å². The minimum atomic E-state index is -0.471. The summed E-state index contributed by atoms with van der Waals surface area (Å²) in [5.41, 5.74) is 4.90. The standard InChI is InChI=1S/C27H31NO3/c29-25(27-12-17-9-18(13-27)11-19(10-17)14-27)15-28-26(30)31-16-24-22-7-3-1-5-20(22)21-6-2-4-8-23(21)24/h1-8,17-19,24-25,29H,9-16H2,(H,28,30). The van der Waals surface area contributed by atoms with Crippen LogP contribution in [-0.2, 0) is 4.74 Å². The molecule has 1 atom stereocenters. The Bertz CT molecular complexity index is 919. The summed E-state index contributed by atoms with van der Waals surface area (Å²) in [6.07, 6.45) is 6.56. The van der Waals surface area contributed by atoms with Gasteiger partial charge in [-0.2, -0.15) is 0 Å². The number of amides is 1. The van der Waals surface area contributed by atoms with Gasteiger partial charge in [0, 0.05) is 12.5 Å². The molecule has 7 rings (SSSR count). The van der Waals surface area contributed by atoms with Crippen molar-refractivity contribution in [3.8, 4) is 11.1 Å². The van der Waals surface area contributed by atoms with E-state index in [-0.39, 0.29) is 11.3 Å². The third-order valence-electron chi connectivity index (χ3n) is 8.58. The average molecular weight is 418 g/mol. The molecule has 0 radical (unpaired) electrons. The van der Waals surface area contributed by atoms with Gasteiger partial charge in [-0.3, -0.25) is 0 Å². The Balaban J connectivity index is 1.08. The zero-order valence-corrected chi connectivity index (χ0v) is 17.9. The second-order valence-corrected chi connectivity index (χ2v) is 10.5. The Labute approximate surface area is 184 Å². The van der Waals surface area contributed by atoms with Crippen molar-refractivity contribution >= 4 is 6.09 Å². The van der Waals surface area contributed by atoms with Gasteiger partial charge in [0.1, 0.15) is 6.61 Å². The van der Waals surface area contributed by atoms with Gasteiger partial charge in [-0.1, -0.05) is 48.5 Å². The van der Waals surface area contributed by atoms with Gasteiger partial charge in [-0.25, -0.2) is 4.79 Å². The molecule has 4 saturated carbocycles. The van der Waals surface area contributed by atoms with E-state index < -0.39 is 12.2 Å². The van der Waals surface area contributed by atoms with E-state index in [4.69, 9.17) is 4.74 Å². The van der Waals surface area contributed by atoms with E-state index in [2.05, 4.69) is 41.7 Å². The number of fused-ring (bicyclic) bond motifs is 3. The van der Waals surface area contributed by atoms with Crippen LogP contribution >= 0.6 is 0 Å². The summed E-state index contributed by atoms with van der Waals surface area (Å²) in [6, 6.07) is 16.7. The summed E-state index contributed by atoms with van der Waals surface area (Å²) in [5, 5.41) is 13.9. The van der Waals surface area contributed by atoms with E-state index in [1.54, 1.807) is 0 Å². The number of ether oxygens (including phenoxy) is 1. The number of benzene rings is 2. The lowest BCUT2D eigenvalue weighted by molar-refractivity contribution is -0.118. The Morgan fingerprint density at radius 2 is 1.45 bits per heavy atom. The number of carbonyl (C=O) groups excluding carboxylic acids is 1. The molecule has 5 aliphatic rings. The van der Waals surface area contributed by atoms with Crippen LogP contribution in [0.5, 0.6) is 0 Å². The first-order valence-electron chi connectivity index (χ1n) is 11.9. The van der Waals surface area contributed by atoms with Crippen LogP contribution in [0.3, 0.4) is 0 Å². The average Bonchev–Trinajstić information content (AvgIpc) is 3.09. The highest BCUT2D eigenvalue weighted by atomic mass is 16.5. The van der Waals surface area contributed by atoms with Gasteiger partial charge < -0.3 is 15.2 Å². The van der Waals surface area contributed by atoms with E-state index in [0.717, 1.165) is 37.0 Å². The number of carbonyl (C=O) groups is 1. The molecule has 2 aromatic rings. The van der Waals surface area contributed by atoms with Crippen LogP contribution in [0.25, 0.3) is 11.1 Å². The van der Waals surface area contributed by atoms with Gasteiger partial charge in [0.05, 0.1) is 6.10 Å². The van der Waals surface area contributed by atoms with Crippen molar-refractivity contribution in [1.29, 1.82) is 0 Å². The largest absolute Gasteiger partial charge is 0.449 e. The lowest BCUT2D eigenvalue weighted by Crippen LogP contribution is -2.54. The first-order chi connectivity index (χ1) is 15.1. The maximum atomic E-state index is 12.5. The van der Waals surface area contributed by atoms with Gasteiger partial charge in [0.2, 0.25) is 0 Å².